The first kappa shape index (κ1) is 10.7. The van der Waals surface area contributed by atoms with Gasteiger partial charge in [0, 0.05) is 10.9 Å². The number of aldehydes is 1. The van der Waals surface area contributed by atoms with E-state index >= 15 is 0 Å². The fraction of sp³-hybridized carbons (Fsp3) is 0. The standard InChI is InChI=1S/C21H10O/c22-10-13-9-16-12-7-17-14-5-1-3-11-4-2-6-15(19(11)14)20(13)21(17)18(16)8-12/h1-10H. The largest absolute Gasteiger partial charge is 0.298 e. The Kier molecular flexibility index (Phi) is 1.60. The zero-order valence-electron chi connectivity index (χ0n) is 11.7. The molecule has 0 heterocycles. The van der Waals surface area contributed by atoms with Crippen molar-refractivity contribution in [2.75, 3.05) is 0 Å². The third-order valence-corrected chi connectivity index (χ3v) is 5.17. The van der Waals surface area contributed by atoms with Crippen molar-refractivity contribution >= 4 is 60.1 Å². The molecule has 7 aromatic carbocycles. The molecule has 0 amide bonds. The number of hydrogen-bond acceptors (Lipinski definition) is 1. The molecule has 0 aromatic heterocycles. The topological polar surface area (TPSA) is 17.1 Å². The first-order valence-electron chi connectivity index (χ1n) is 7.49. The van der Waals surface area contributed by atoms with Crippen LogP contribution in [0.1, 0.15) is 10.4 Å². The van der Waals surface area contributed by atoms with Gasteiger partial charge in [-0.05, 0) is 66.7 Å². The molecule has 0 fully saturated rings. The van der Waals surface area contributed by atoms with Gasteiger partial charge in [0.1, 0.15) is 0 Å². The lowest BCUT2D eigenvalue weighted by Gasteiger charge is -2.21. The molecule has 1 nitrogen and oxygen atoms in total. The second kappa shape index (κ2) is 3.28. The Labute approximate surface area is 125 Å². The molecule has 0 N–H and O–H groups in total. The summed E-state index contributed by atoms with van der Waals surface area (Å²) >= 11 is 0. The Morgan fingerprint density at radius 1 is 0.591 bits per heavy atom. The normalized spacial score (nSPS) is 12.7. The van der Waals surface area contributed by atoms with E-state index in [0.717, 1.165) is 17.2 Å². The molecule has 0 saturated heterocycles. The van der Waals surface area contributed by atoms with E-state index in [0.29, 0.717) is 0 Å². The highest BCUT2D eigenvalue weighted by molar-refractivity contribution is 6.41. The minimum Gasteiger partial charge on any atom is -0.298 e. The Morgan fingerprint density at radius 3 is 2.09 bits per heavy atom. The maximum atomic E-state index is 11.7. The third kappa shape index (κ3) is 0.980. The van der Waals surface area contributed by atoms with E-state index in [1.54, 1.807) is 0 Å². The molecular weight excluding hydrogens is 268 g/mol. The molecular formula is C21H10O. The van der Waals surface area contributed by atoms with Gasteiger partial charge in [0.25, 0.3) is 0 Å². The molecule has 7 aromatic rings. The van der Waals surface area contributed by atoms with Gasteiger partial charge in [-0.1, -0.05) is 36.4 Å². The van der Waals surface area contributed by atoms with Crippen LogP contribution in [0.25, 0.3) is 53.9 Å². The van der Waals surface area contributed by atoms with Crippen molar-refractivity contribution in [1.29, 1.82) is 0 Å². The molecule has 0 radical (unpaired) electrons. The summed E-state index contributed by atoms with van der Waals surface area (Å²) in [5.41, 5.74) is 0.812. The van der Waals surface area contributed by atoms with Gasteiger partial charge in [-0.2, -0.15) is 0 Å². The number of fused-ring (bicyclic) bond motifs is 1. The molecule has 0 atom stereocenters. The highest BCUT2D eigenvalue weighted by Crippen LogP contribution is 2.47. The molecule has 0 unspecified atom stereocenters. The number of rotatable bonds is 1. The maximum Gasteiger partial charge on any atom is 0.150 e. The van der Waals surface area contributed by atoms with Crippen LogP contribution in [-0.4, -0.2) is 6.29 Å². The summed E-state index contributed by atoms with van der Waals surface area (Å²) < 4.78 is 0. The molecule has 22 heavy (non-hydrogen) atoms. The molecule has 100 valence electrons. The SMILES string of the molecule is O=Cc1cc2c3cc2c2c(c3)c3cccc4cccc(c12)c43. The summed E-state index contributed by atoms with van der Waals surface area (Å²) in [6.07, 6.45) is 1.00. The quantitative estimate of drug-likeness (QED) is 0.218. The van der Waals surface area contributed by atoms with Crippen LogP contribution in [0.2, 0.25) is 0 Å². The smallest absolute Gasteiger partial charge is 0.150 e. The molecule has 0 aliphatic heterocycles. The second-order valence-corrected chi connectivity index (χ2v) is 6.16. The van der Waals surface area contributed by atoms with Gasteiger partial charge in [-0.25, -0.2) is 0 Å². The van der Waals surface area contributed by atoms with E-state index in [9.17, 15) is 4.79 Å². The lowest BCUT2D eigenvalue weighted by atomic mass is 9.82. The van der Waals surface area contributed by atoms with Crippen molar-refractivity contribution in [2.24, 2.45) is 0 Å². The molecule has 1 heteroatoms. The van der Waals surface area contributed by atoms with Crippen LogP contribution in [0.5, 0.6) is 0 Å². The van der Waals surface area contributed by atoms with Crippen LogP contribution in [0.15, 0.2) is 54.6 Å². The first-order chi connectivity index (χ1) is 10.9. The minimum absolute atomic E-state index is 0.812. The molecule has 7 rings (SSSR count). The van der Waals surface area contributed by atoms with Crippen molar-refractivity contribution in [3.63, 3.8) is 0 Å². The molecule has 0 saturated carbocycles. The Morgan fingerprint density at radius 2 is 1.32 bits per heavy atom. The molecule has 4 bridgehead atoms. The van der Waals surface area contributed by atoms with E-state index in [-0.39, 0.29) is 0 Å². The van der Waals surface area contributed by atoms with Gasteiger partial charge in [0.15, 0.2) is 6.29 Å². The Balaban J connectivity index is 2.15. The minimum atomic E-state index is 0.812. The summed E-state index contributed by atoms with van der Waals surface area (Å²) in [7, 11) is 0. The van der Waals surface area contributed by atoms with Crippen LogP contribution in [-0.2, 0) is 0 Å². The van der Waals surface area contributed by atoms with Crippen molar-refractivity contribution in [3.05, 3.63) is 60.2 Å². The van der Waals surface area contributed by atoms with E-state index in [1.165, 1.54) is 48.5 Å². The lowest BCUT2D eigenvalue weighted by Crippen LogP contribution is -1.95. The van der Waals surface area contributed by atoms with E-state index < -0.39 is 0 Å². The van der Waals surface area contributed by atoms with Gasteiger partial charge in [0.2, 0.25) is 0 Å². The van der Waals surface area contributed by atoms with Crippen molar-refractivity contribution in [1.82, 2.24) is 0 Å². The van der Waals surface area contributed by atoms with Crippen molar-refractivity contribution in [2.45, 2.75) is 0 Å². The maximum absolute atomic E-state index is 11.7. The number of carbonyl (C=O) groups is 1. The van der Waals surface area contributed by atoms with Crippen LogP contribution < -0.4 is 0 Å². The van der Waals surface area contributed by atoms with Gasteiger partial charge in [-0.15, -0.1) is 0 Å². The monoisotopic (exact) mass is 278 g/mol. The fourth-order valence-corrected chi connectivity index (χ4v) is 4.26. The average Bonchev–Trinajstić information content (AvgIpc) is 2.56. The summed E-state index contributed by atoms with van der Waals surface area (Å²) in [5.74, 6) is 0. The first-order valence-corrected chi connectivity index (χ1v) is 7.49. The second-order valence-electron chi connectivity index (χ2n) is 6.16. The van der Waals surface area contributed by atoms with E-state index in [1.807, 2.05) is 0 Å². The predicted molar refractivity (Wildman–Crippen MR) is 92.9 cm³/mol. The lowest BCUT2D eigenvalue weighted by molar-refractivity contribution is 0.112. The Hall–Kier alpha value is -2.93. The highest BCUT2D eigenvalue weighted by atomic mass is 16.1. The molecule has 0 spiro atoms. The van der Waals surface area contributed by atoms with Crippen LogP contribution in [0.3, 0.4) is 0 Å². The van der Waals surface area contributed by atoms with Crippen LogP contribution in [0, 0.1) is 0 Å². The summed E-state index contributed by atoms with van der Waals surface area (Å²) in [6, 6.07) is 19.4. The Bertz CT molecular complexity index is 1320. The molecule has 0 aliphatic rings. The van der Waals surface area contributed by atoms with Crippen LogP contribution in [0.4, 0.5) is 0 Å². The summed E-state index contributed by atoms with van der Waals surface area (Å²) in [6.45, 7) is 0. The number of carbonyl (C=O) groups excluding carboxylic acids is 1. The van der Waals surface area contributed by atoms with Crippen LogP contribution >= 0.6 is 0 Å². The number of hydrogen-bond donors (Lipinski definition) is 0. The number of benzene rings is 6. The van der Waals surface area contributed by atoms with Gasteiger partial charge < -0.3 is 0 Å². The zero-order chi connectivity index (χ0) is 14.4. The van der Waals surface area contributed by atoms with E-state index in [2.05, 4.69) is 54.6 Å². The van der Waals surface area contributed by atoms with Gasteiger partial charge in [0.05, 0.1) is 0 Å². The average molecular weight is 278 g/mol. The fourth-order valence-electron chi connectivity index (χ4n) is 4.26. The zero-order valence-corrected chi connectivity index (χ0v) is 11.7. The summed E-state index contributed by atoms with van der Waals surface area (Å²) in [5, 5.41) is 12.4. The van der Waals surface area contributed by atoms with Gasteiger partial charge >= 0.3 is 0 Å². The van der Waals surface area contributed by atoms with Gasteiger partial charge in [-0.3, -0.25) is 4.79 Å². The van der Waals surface area contributed by atoms with E-state index in [4.69, 9.17) is 0 Å². The van der Waals surface area contributed by atoms with Crippen molar-refractivity contribution < 1.29 is 4.79 Å². The predicted octanol–water partition coefficient (Wildman–Crippen LogP) is 5.58. The highest BCUT2D eigenvalue weighted by Gasteiger charge is 2.20. The third-order valence-electron chi connectivity index (χ3n) is 5.17. The molecule has 0 aliphatic carbocycles. The van der Waals surface area contributed by atoms with Crippen molar-refractivity contribution in [3.8, 4) is 0 Å². The summed E-state index contributed by atoms with van der Waals surface area (Å²) in [4.78, 5) is 11.7.